The van der Waals surface area contributed by atoms with E-state index in [1.54, 1.807) is 34.0 Å². The molecule has 10 heteroatoms. The maximum atomic E-state index is 10.3. The molecule has 3 atom stereocenters. The van der Waals surface area contributed by atoms with Crippen molar-refractivity contribution in [2.45, 2.75) is 51.8 Å². The molecular weight excluding hydrogens is 425 g/mol. The van der Waals surface area contributed by atoms with Crippen LogP contribution in [0.2, 0.25) is 0 Å². The summed E-state index contributed by atoms with van der Waals surface area (Å²) in [6.07, 6.45) is 0.290. The van der Waals surface area contributed by atoms with Gasteiger partial charge in [0.15, 0.2) is 0 Å². The van der Waals surface area contributed by atoms with Crippen molar-refractivity contribution < 1.29 is 33.3 Å². The molecule has 0 aliphatic heterocycles. The Morgan fingerprint density at radius 1 is 0.828 bits per heavy atom. The average molecular weight is 460 g/mol. The molecule has 8 nitrogen and oxygen atoms in total. The summed E-state index contributed by atoms with van der Waals surface area (Å²) in [5.41, 5.74) is 0. The number of esters is 3. The van der Waals surface area contributed by atoms with Gasteiger partial charge in [0.1, 0.15) is 5.92 Å². The Morgan fingerprint density at radius 3 is 1.34 bits per heavy atom. The number of nitrogens with zero attached hydrogens (tertiary/aromatic N) is 1. The number of hydrogen-bond acceptors (Lipinski definition) is 8. The highest BCUT2D eigenvalue weighted by Gasteiger charge is 2.09. The lowest BCUT2D eigenvalue weighted by molar-refractivity contribution is -0.144. The SMILES string of the molecule is COC(=O)C(C)C.COC(=O)C(C)C#N.COC(=O)CC(C)Cl.COCC(C)Cl. The normalized spacial score (nSPS) is 12.0. The van der Waals surface area contributed by atoms with Gasteiger partial charge in [0.2, 0.25) is 0 Å². The Morgan fingerprint density at radius 2 is 1.28 bits per heavy atom. The largest absolute Gasteiger partial charge is 0.469 e. The van der Waals surface area contributed by atoms with E-state index in [1.807, 2.05) is 6.92 Å². The van der Waals surface area contributed by atoms with E-state index in [9.17, 15) is 14.4 Å². The van der Waals surface area contributed by atoms with Gasteiger partial charge in [-0.1, -0.05) is 13.8 Å². The highest BCUT2D eigenvalue weighted by Crippen LogP contribution is 1.99. The third-order valence-corrected chi connectivity index (χ3v) is 2.77. The lowest BCUT2D eigenvalue weighted by Crippen LogP contribution is -2.09. The summed E-state index contributed by atoms with van der Waals surface area (Å²) in [7, 11) is 5.64. The van der Waals surface area contributed by atoms with Crippen LogP contribution in [-0.2, 0) is 33.3 Å². The molecule has 0 amide bonds. The third kappa shape index (κ3) is 34.4. The number of methoxy groups -OCH3 is 4. The first-order valence-electron chi connectivity index (χ1n) is 8.73. The Balaban J connectivity index is -0.000000145. The number of alkyl halides is 2. The molecule has 0 aromatic rings. The van der Waals surface area contributed by atoms with Crippen molar-refractivity contribution in [1.29, 1.82) is 5.26 Å². The minimum atomic E-state index is -0.639. The zero-order chi connectivity index (χ0) is 24.0. The molecule has 29 heavy (non-hydrogen) atoms. The van der Waals surface area contributed by atoms with E-state index >= 15 is 0 Å². The molecule has 0 aromatic carbocycles. The van der Waals surface area contributed by atoms with Crippen molar-refractivity contribution in [1.82, 2.24) is 0 Å². The molecule has 0 aliphatic carbocycles. The van der Waals surface area contributed by atoms with Gasteiger partial charge in [-0.2, -0.15) is 5.26 Å². The van der Waals surface area contributed by atoms with Crippen LogP contribution >= 0.6 is 23.2 Å². The smallest absolute Gasteiger partial charge is 0.322 e. The Kier molecular flexibility index (Phi) is 29.5. The fourth-order valence-electron chi connectivity index (χ4n) is 1.01. The average Bonchev–Trinajstić information content (AvgIpc) is 2.66. The van der Waals surface area contributed by atoms with Crippen LogP contribution in [0, 0.1) is 23.2 Å². The number of ether oxygens (including phenoxy) is 4. The fraction of sp³-hybridized carbons (Fsp3) is 0.789. The van der Waals surface area contributed by atoms with E-state index in [0.717, 1.165) is 0 Å². The number of carbonyl (C=O) groups is 3. The molecule has 0 saturated heterocycles. The second kappa shape index (κ2) is 24.5. The van der Waals surface area contributed by atoms with E-state index in [-0.39, 0.29) is 35.0 Å². The third-order valence-electron chi connectivity index (χ3n) is 2.49. The first-order chi connectivity index (χ1) is 13.3. The van der Waals surface area contributed by atoms with Crippen molar-refractivity contribution >= 4 is 41.1 Å². The van der Waals surface area contributed by atoms with Gasteiger partial charge in [-0.05, 0) is 20.8 Å². The Bertz CT molecular complexity index is 464. The molecule has 172 valence electrons. The fourth-order valence-corrected chi connectivity index (χ4v) is 1.26. The van der Waals surface area contributed by atoms with Crippen molar-refractivity contribution in [3.8, 4) is 6.07 Å². The first-order valence-corrected chi connectivity index (χ1v) is 9.60. The zero-order valence-electron chi connectivity index (χ0n) is 18.8. The topological polar surface area (TPSA) is 112 Å². The quantitative estimate of drug-likeness (QED) is 0.336. The summed E-state index contributed by atoms with van der Waals surface area (Å²) in [4.78, 5) is 30.9. The van der Waals surface area contributed by atoms with Crippen LogP contribution in [-0.4, -0.2) is 63.7 Å². The highest BCUT2D eigenvalue weighted by atomic mass is 35.5. The molecule has 0 bridgehead atoms. The monoisotopic (exact) mass is 459 g/mol. The Labute approximate surface area is 184 Å². The van der Waals surface area contributed by atoms with Gasteiger partial charge < -0.3 is 18.9 Å². The van der Waals surface area contributed by atoms with Crippen LogP contribution in [0.1, 0.15) is 41.0 Å². The second-order valence-electron chi connectivity index (χ2n) is 5.85. The van der Waals surface area contributed by atoms with E-state index in [0.29, 0.717) is 6.61 Å². The molecule has 0 radical (unpaired) electrons. The number of rotatable bonds is 6. The number of halogens is 2. The van der Waals surface area contributed by atoms with Crippen LogP contribution in [0.5, 0.6) is 0 Å². The van der Waals surface area contributed by atoms with E-state index in [2.05, 4.69) is 18.9 Å². The maximum Gasteiger partial charge on any atom is 0.322 e. The van der Waals surface area contributed by atoms with Gasteiger partial charge >= 0.3 is 17.9 Å². The molecule has 3 unspecified atom stereocenters. The molecule has 0 saturated carbocycles. The zero-order valence-corrected chi connectivity index (χ0v) is 20.3. The Hall–Kier alpha value is -1.56. The lowest BCUT2D eigenvalue weighted by atomic mass is 10.2. The standard InChI is InChI=1S/C5H9ClO2.C5H7NO2.C5H10O2.C4H9ClO/c1-4(6)3-5(7)8-2;1-4(3-6)5(7)8-2;1-4(2)5(6)7-3;1-4(5)3-6-2/h4H,3H2,1-2H3;4H,1-2H3;4H,1-3H3;4H,3H2,1-2H3. The van der Waals surface area contributed by atoms with Crippen LogP contribution < -0.4 is 0 Å². The summed E-state index contributed by atoms with van der Waals surface area (Å²) < 4.78 is 17.6. The lowest BCUT2D eigenvalue weighted by Gasteiger charge is -1.97. The van der Waals surface area contributed by atoms with Crippen molar-refractivity contribution in [2.24, 2.45) is 11.8 Å². The van der Waals surface area contributed by atoms with Gasteiger partial charge in [0, 0.05) is 12.5 Å². The van der Waals surface area contributed by atoms with Crippen molar-refractivity contribution in [2.75, 3.05) is 35.0 Å². The summed E-state index contributed by atoms with van der Waals surface area (Å²) >= 11 is 10.9. The summed E-state index contributed by atoms with van der Waals surface area (Å²) in [5.74, 6) is -1.52. The van der Waals surface area contributed by atoms with Gasteiger partial charge in [0.25, 0.3) is 0 Å². The molecule has 0 aliphatic rings. The molecule has 0 heterocycles. The number of hydrogen-bond donors (Lipinski definition) is 0. The predicted molar refractivity (Wildman–Crippen MR) is 113 cm³/mol. The van der Waals surface area contributed by atoms with Gasteiger partial charge in [-0.15, -0.1) is 23.2 Å². The van der Waals surface area contributed by atoms with Gasteiger partial charge in [-0.3, -0.25) is 14.4 Å². The minimum absolute atomic E-state index is 0.00463. The van der Waals surface area contributed by atoms with Gasteiger partial charge in [0.05, 0.1) is 51.7 Å². The van der Waals surface area contributed by atoms with Crippen molar-refractivity contribution in [3.05, 3.63) is 0 Å². The second-order valence-corrected chi connectivity index (χ2v) is 7.34. The molecule has 0 spiro atoms. The van der Waals surface area contributed by atoms with Crippen LogP contribution in [0.4, 0.5) is 0 Å². The summed E-state index contributed by atoms with van der Waals surface area (Å²) in [6, 6.07) is 1.74. The van der Waals surface area contributed by atoms with Crippen LogP contribution in [0.25, 0.3) is 0 Å². The molecular formula is C19H35Cl2NO7. The summed E-state index contributed by atoms with van der Waals surface area (Å²) in [5, 5.41) is 8.11. The predicted octanol–water partition coefficient (Wildman–Crippen LogP) is 3.57. The molecule has 0 aromatic heterocycles. The van der Waals surface area contributed by atoms with E-state index in [1.165, 1.54) is 28.3 Å². The first kappa shape index (κ1) is 34.9. The molecule has 0 fully saturated rings. The molecule has 0 rings (SSSR count). The highest BCUT2D eigenvalue weighted by molar-refractivity contribution is 6.21. The number of carbonyl (C=O) groups excluding carboxylic acids is 3. The van der Waals surface area contributed by atoms with Crippen LogP contribution in [0.3, 0.4) is 0 Å². The van der Waals surface area contributed by atoms with E-state index in [4.69, 9.17) is 28.5 Å². The van der Waals surface area contributed by atoms with E-state index < -0.39 is 11.9 Å². The van der Waals surface area contributed by atoms with Crippen molar-refractivity contribution in [3.63, 3.8) is 0 Å². The van der Waals surface area contributed by atoms with Gasteiger partial charge in [-0.25, -0.2) is 0 Å². The number of nitriles is 1. The minimum Gasteiger partial charge on any atom is -0.469 e. The maximum absolute atomic E-state index is 10.3. The molecule has 0 N–H and O–H groups in total. The van der Waals surface area contributed by atoms with Crippen LogP contribution in [0.15, 0.2) is 0 Å². The summed E-state index contributed by atoms with van der Waals surface area (Å²) in [6.45, 7) is 9.37.